The Hall–Kier alpha value is -0.521. The zero-order valence-corrected chi connectivity index (χ0v) is 21.2. The number of hydrogen-bond donors (Lipinski definition) is 0. The second-order valence-electron chi connectivity index (χ2n) is 9.12. The summed E-state index contributed by atoms with van der Waals surface area (Å²) >= 11 is -3.51. The molecule has 0 radical (unpaired) electrons. The van der Waals surface area contributed by atoms with Crippen molar-refractivity contribution in [2.75, 3.05) is 0 Å². The summed E-state index contributed by atoms with van der Waals surface area (Å²) < 4.78 is 11.3. The second-order valence-corrected chi connectivity index (χ2v) is 18.3. The second kappa shape index (κ2) is 12.1. The van der Waals surface area contributed by atoms with Crippen LogP contribution < -0.4 is 0 Å². The van der Waals surface area contributed by atoms with Crippen molar-refractivity contribution < 1.29 is 15.7 Å². The fourth-order valence-corrected chi connectivity index (χ4v) is 6.78. The molecule has 27 heavy (non-hydrogen) atoms. The van der Waals surface area contributed by atoms with E-state index in [1.807, 2.05) is 9.88 Å². The Morgan fingerprint density at radius 3 is 1.37 bits per heavy atom. The monoisotopic (exact) mass is 488 g/mol. The van der Waals surface area contributed by atoms with Gasteiger partial charge >= 0.3 is 172 Å². The Kier molecular flexibility index (Phi) is 11.0. The van der Waals surface area contributed by atoms with E-state index in [4.69, 9.17) is 6.15 Å². The summed E-state index contributed by atoms with van der Waals surface area (Å²) in [6, 6.07) is 0. The summed E-state index contributed by atoms with van der Waals surface area (Å²) in [5.74, 6) is 0.835. The maximum absolute atomic E-state index is 12.7. The van der Waals surface area contributed by atoms with Crippen LogP contribution >= 0.6 is 0 Å². The average molecular weight is 487 g/mol. The molecule has 0 saturated heterocycles. The molecule has 0 N–H and O–H groups in total. The molecule has 1 aliphatic heterocycles. The van der Waals surface area contributed by atoms with Crippen LogP contribution in [0.5, 0.6) is 0 Å². The van der Waals surface area contributed by atoms with Crippen LogP contribution in [0.4, 0.5) is 0 Å². The predicted molar refractivity (Wildman–Crippen MR) is 113 cm³/mol. The van der Waals surface area contributed by atoms with Crippen molar-refractivity contribution in [3.63, 3.8) is 0 Å². The van der Waals surface area contributed by atoms with E-state index in [0.29, 0.717) is 35.8 Å². The van der Waals surface area contributed by atoms with Crippen LogP contribution in [0.3, 0.4) is 0 Å². The van der Waals surface area contributed by atoms with Crippen molar-refractivity contribution in [2.24, 2.45) is 11.8 Å². The van der Waals surface area contributed by atoms with Crippen molar-refractivity contribution >= 4 is 31.1 Å². The van der Waals surface area contributed by atoms with E-state index in [2.05, 4.69) is 27.7 Å². The zero-order valence-electron chi connectivity index (χ0n) is 18.4. The third-order valence-corrected chi connectivity index (χ3v) is 8.81. The summed E-state index contributed by atoms with van der Waals surface area (Å²) in [7, 11) is 0. The van der Waals surface area contributed by atoms with Crippen molar-refractivity contribution in [3.05, 3.63) is 11.1 Å². The topological polar surface area (TPSA) is 52.6 Å². The molecule has 4 nitrogen and oxygen atoms in total. The molecule has 0 bridgehead atoms. The Labute approximate surface area is 171 Å². The SMILES string of the molecule is CC(C)CCCCCC1=C(CCCCCC(C)C)C(=O)[O][Sn]([CH3])([CH3])[O]C1=O. The van der Waals surface area contributed by atoms with Gasteiger partial charge in [0.15, 0.2) is 0 Å². The first kappa shape index (κ1) is 24.5. The number of carbonyl (C=O) groups is 2. The molecule has 1 aliphatic rings. The minimum atomic E-state index is -3.51. The third-order valence-electron chi connectivity index (χ3n) is 4.95. The van der Waals surface area contributed by atoms with Gasteiger partial charge in [0, 0.05) is 0 Å². The predicted octanol–water partition coefficient (Wildman–Crippen LogP) is 6.30. The number of hydrogen-bond acceptors (Lipinski definition) is 4. The van der Waals surface area contributed by atoms with Gasteiger partial charge in [0.2, 0.25) is 0 Å². The van der Waals surface area contributed by atoms with Crippen molar-refractivity contribution in [3.8, 4) is 0 Å². The molecule has 5 heteroatoms. The van der Waals surface area contributed by atoms with Gasteiger partial charge in [-0.1, -0.05) is 0 Å². The molecule has 0 saturated carbocycles. The molecule has 0 amide bonds. The molecule has 1 heterocycles. The van der Waals surface area contributed by atoms with Gasteiger partial charge in [-0.3, -0.25) is 0 Å². The Morgan fingerprint density at radius 2 is 1.04 bits per heavy atom. The van der Waals surface area contributed by atoms with E-state index in [1.165, 1.54) is 25.7 Å². The molecule has 0 unspecified atom stereocenters. The van der Waals surface area contributed by atoms with E-state index in [1.54, 1.807) is 0 Å². The average Bonchev–Trinajstić information content (AvgIpc) is 2.60. The number of carbonyl (C=O) groups excluding carboxylic acids is 2. The van der Waals surface area contributed by atoms with Gasteiger partial charge in [0.1, 0.15) is 0 Å². The molecule has 0 aromatic heterocycles. The summed E-state index contributed by atoms with van der Waals surface area (Å²) in [5, 5.41) is 0. The summed E-state index contributed by atoms with van der Waals surface area (Å²) in [6.45, 7) is 8.92. The van der Waals surface area contributed by atoms with Crippen LogP contribution in [-0.2, 0) is 15.7 Å². The standard InChI is InChI=1S/C20H36O4.2CH3.Sn/c1-15(2)11-7-5-9-13-17(19(21)22)18(20(23)24)14-10-6-8-12-16(3)4;;;/h15-16H,5-14H2,1-4H3,(H,21,22)(H,23,24);2*1H3;/q;;;+2/p-2. The molecule has 156 valence electrons. The van der Waals surface area contributed by atoms with Crippen LogP contribution in [-0.4, -0.2) is 31.1 Å². The van der Waals surface area contributed by atoms with Gasteiger partial charge < -0.3 is 0 Å². The fraction of sp³-hybridized carbons (Fsp3) is 0.818. The van der Waals surface area contributed by atoms with E-state index < -0.39 is 19.2 Å². The molecule has 0 spiro atoms. The van der Waals surface area contributed by atoms with Gasteiger partial charge in [-0.15, -0.1) is 0 Å². The third kappa shape index (κ3) is 10.00. The van der Waals surface area contributed by atoms with Gasteiger partial charge in [-0.05, 0) is 0 Å². The minimum absolute atomic E-state index is 0.289. The van der Waals surface area contributed by atoms with Crippen LogP contribution in [0.25, 0.3) is 0 Å². The van der Waals surface area contributed by atoms with Gasteiger partial charge in [0.25, 0.3) is 0 Å². The van der Waals surface area contributed by atoms with Crippen LogP contribution in [0.15, 0.2) is 11.1 Å². The van der Waals surface area contributed by atoms with Crippen LogP contribution in [0.1, 0.15) is 91.9 Å². The van der Waals surface area contributed by atoms with Gasteiger partial charge in [-0.2, -0.15) is 0 Å². The zero-order chi connectivity index (χ0) is 20.4. The molecule has 0 fully saturated rings. The number of unbranched alkanes of at least 4 members (excludes halogenated alkanes) is 4. The van der Waals surface area contributed by atoms with E-state index in [-0.39, 0.29) is 11.9 Å². The Balaban J connectivity index is 2.74. The first-order chi connectivity index (χ1) is 12.6. The molecular formula is C22H40O4Sn. The fourth-order valence-electron chi connectivity index (χ4n) is 3.41. The summed E-state index contributed by atoms with van der Waals surface area (Å²) in [6.07, 6.45) is 10.0. The van der Waals surface area contributed by atoms with Crippen molar-refractivity contribution in [1.82, 2.24) is 0 Å². The van der Waals surface area contributed by atoms with Gasteiger partial charge in [0.05, 0.1) is 0 Å². The molecule has 0 aromatic carbocycles. The normalized spacial score (nSPS) is 17.3. The van der Waals surface area contributed by atoms with Crippen molar-refractivity contribution in [1.29, 1.82) is 0 Å². The number of rotatable bonds is 12. The van der Waals surface area contributed by atoms with Crippen molar-refractivity contribution in [2.45, 2.75) is 102 Å². The molecule has 1 rings (SSSR count). The molecule has 0 aromatic rings. The Bertz CT molecular complexity index is 476. The summed E-state index contributed by atoms with van der Waals surface area (Å²) in [5.41, 5.74) is 1.19. The van der Waals surface area contributed by atoms with E-state index in [0.717, 1.165) is 25.7 Å². The summed E-state index contributed by atoms with van der Waals surface area (Å²) in [4.78, 5) is 29.0. The van der Waals surface area contributed by atoms with Crippen LogP contribution in [0, 0.1) is 11.8 Å². The van der Waals surface area contributed by atoms with E-state index in [9.17, 15) is 9.59 Å². The molecule has 0 aliphatic carbocycles. The molecule has 0 atom stereocenters. The first-order valence-corrected chi connectivity index (χ1v) is 18.8. The first-order valence-electron chi connectivity index (χ1n) is 10.8. The van der Waals surface area contributed by atoms with Gasteiger partial charge in [-0.25, -0.2) is 0 Å². The Morgan fingerprint density at radius 1 is 0.667 bits per heavy atom. The van der Waals surface area contributed by atoms with Crippen LogP contribution in [0.2, 0.25) is 9.88 Å². The maximum atomic E-state index is 12.7. The van der Waals surface area contributed by atoms with E-state index >= 15 is 0 Å². The molecular weight excluding hydrogens is 447 g/mol. The quantitative estimate of drug-likeness (QED) is 0.240.